The summed E-state index contributed by atoms with van der Waals surface area (Å²) in [4.78, 5) is 21.2. The molecule has 3 aromatic rings. The van der Waals surface area contributed by atoms with Crippen LogP contribution in [0.3, 0.4) is 0 Å². The van der Waals surface area contributed by atoms with Crippen LogP contribution in [0.5, 0.6) is 0 Å². The molecule has 2 aromatic heterocycles. The zero-order valence-corrected chi connectivity index (χ0v) is 16.8. The van der Waals surface area contributed by atoms with Gasteiger partial charge in [0.2, 0.25) is 11.9 Å². The molecule has 5 N–H and O–H groups in total. The second-order valence-corrected chi connectivity index (χ2v) is 6.64. The molecule has 0 aliphatic carbocycles. The molecule has 30 heavy (non-hydrogen) atoms. The molecule has 1 aromatic carbocycles. The van der Waals surface area contributed by atoms with E-state index in [4.69, 9.17) is 21.8 Å². The van der Waals surface area contributed by atoms with Gasteiger partial charge in [0.05, 0.1) is 37.8 Å². The summed E-state index contributed by atoms with van der Waals surface area (Å²) >= 11 is 6.25. The number of nitrogens with one attached hydrogen (secondary N) is 3. The number of amides is 1. The van der Waals surface area contributed by atoms with Crippen LogP contribution in [0.15, 0.2) is 48.9 Å². The molecule has 10 nitrogen and oxygen atoms in total. The van der Waals surface area contributed by atoms with E-state index in [1.165, 1.54) is 6.20 Å². The minimum absolute atomic E-state index is 0.0220. The lowest BCUT2D eigenvalue weighted by atomic mass is 10.1. The largest absolute Gasteiger partial charge is 0.395 e. The normalized spacial score (nSPS) is 11.7. The van der Waals surface area contributed by atoms with Crippen molar-refractivity contribution in [3.05, 3.63) is 59.5 Å². The molecular weight excluding hydrogens is 410 g/mol. The molecule has 1 amide bonds. The molecular formula is C19H22ClN7O3. The van der Waals surface area contributed by atoms with Crippen LogP contribution in [0.2, 0.25) is 5.02 Å². The molecule has 1 atom stereocenters. The molecule has 0 radical (unpaired) electrons. The third-order valence-corrected chi connectivity index (χ3v) is 4.33. The van der Waals surface area contributed by atoms with Crippen molar-refractivity contribution in [2.75, 3.05) is 30.4 Å². The smallest absolute Gasteiger partial charge is 0.247 e. The zero-order valence-electron chi connectivity index (χ0n) is 16.0. The molecule has 0 aliphatic rings. The number of nitrogens with zero attached hydrogens (tertiary/aromatic N) is 4. The van der Waals surface area contributed by atoms with Gasteiger partial charge in [-0.15, -0.1) is 0 Å². The number of carbonyl (C=O) groups is 1. The maximum atomic E-state index is 12.6. The monoisotopic (exact) mass is 431 g/mol. The van der Waals surface area contributed by atoms with Gasteiger partial charge in [-0.1, -0.05) is 41.9 Å². The van der Waals surface area contributed by atoms with Gasteiger partial charge < -0.3 is 26.2 Å². The number of aliphatic hydroxyl groups is 2. The third-order valence-electron chi connectivity index (χ3n) is 4.05. The van der Waals surface area contributed by atoms with Gasteiger partial charge in [-0.2, -0.15) is 10.1 Å². The maximum absolute atomic E-state index is 12.6. The summed E-state index contributed by atoms with van der Waals surface area (Å²) in [6.45, 7) is 0.315. The number of carbonyl (C=O) groups excluding carboxylic acids is 1. The zero-order chi connectivity index (χ0) is 21.3. The summed E-state index contributed by atoms with van der Waals surface area (Å²) in [5.41, 5.74) is 1.35. The van der Waals surface area contributed by atoms with Crippen LogP contribution in [0, 0.1) is 0 Å². The van der Waals surface area contributed by atoms with E-state index in [9.17, 15) is 4.79 Å². The van der Waals surface area contributed by atoms with E-state index in [0.717, 1.165) is 0 Å². The molecule has 11 heteroatoms. The minimum Gasteiger partial charge on any atom is -0.395 e. The predicted octanol–water partition coefficient (Wildman–Crippen LogP) is 1.32. The summed E-state index contributed by atoms with van der Waals surface area (Å²) in [6.07, 6.45) is 4.71. The van der Waals surface area contributed by atoms with E-state index in [-0.39, 0.29) is 42.5 Å². The highest BCUT2D eigenvalue weighted by atomic mass is 35.5. The summed E-state index contributed by atoms with van der Waals surface area (Å²) in [5, 5.41) is 31.1. The highest BCUT2D eigenvalue weighted by Gasteiger charge is 2.22. The molecule has 3 rings (SSSR count). The Hall–Kier alpha value is -3.21. The van der Waals surface area contributed by atoms with Crippen molar-refractivity contribution < 1.29 is 15.0 Å². The number of rotatable bonds is 10. The van der Waals surface area contributed by atoms with E-state index in [2.05, 4.69) is 31.0 Å². The van der Waals surface area contributed by atoms with Gasteiger partial charge in [0.15, 0.2) is 5.82 Å². The lowest BCUT2D eigenvalue weighted by Crippen LogP contribution is -2.35. The molecule has 0 spiro atoms. The fourth-order valence-electron chi connectivity index (χ4n) is 2.67. The number of aromatic nitrogens is 4. The molecule has 0 saturated heterocycles. The van der Waals surface area contributed by atoms with Gasteiger partial charge in [-0.05, 0) is 5.56 Å². The topological polar surface area (TPSA) is 137 Å². The van der Waals surface area contributed by atoms with Crippen LogP contribution in [0.25, 0.3) is 0 Å². The van der Waals surface area contributed by atoms with Crippen molar-refractivity contribution in [3.63, 3.8) is 0 Å². The predicted molar refractivity (Wildman–Crippen MR) is 113 cm³/mol. The lowest BCUT2D eigenvalue weighted by Gasteiger charge is -2.20. The number of anilines is 3. The molecule has 0 bridgehead atoms. The molecule has 0 fully saturated rings. The first kappa shape index (κ1) is 21.5. The highest BCUT2D eigenvalue weighted by molar-refractivity contribution is 6.32. The van der Waals surface area contributed by atoms with Gasteiger partial charge in [0, 0.05) is 12.7 Å². The van der Waals surface area contributed by atoms with E-state index in [1.54, 1.807) is 29.2 Å². The maximum Gasteiger partial charge on any atom is 0.247 e. The number of benzene rings is 1. The SMILES string of the molecule is O=C(NCCO)[C@@H](Nc1nc(Nc2cnn(CCO)c2)ncc1Cl)c1ccccc1. The van der Waals surface area contributed by atoms with Crippen molar-refractivity contribution in [2.45, 2.75) is 12.6 Å². The molecule has 0 saturated carbocycles. The van der Waals surface area contributed by atoms with E-state index < -0.39 is 6.04 Å². The fraction of sp³-hybridized carbons (Fsp3) is 0.263. The first-order valence-corrected chi connectivity index (χ1v) is 9.61. The standard InChI is InChI=1S/C19H22ClN7O3/c20-15-11-22-19(24-14-10-23-27(12-14)7-9-29)26-17(15)25-16(18(30)21-6-8-28)13-4-2-1-3-5-13/h1-5,10-12,16,28-29H,6-9H2,(H,21,30)(H2,22,24,25,26)/t16-/m0/s1. The quantitative estimate of drug-likeness (QED) is 0.324. The summed E-state index contributed by atoms with van der Waals surface area (Å²) in [7, 11) is 0. The van der Waals surface area contributed by atoms with Crippen LogP contribution in [0.1, 0.15) is 11.6 Å². The van der Waals surface area contributed by atoms with Crippen LogP contribution in [0.4, 0.5) is 17.5 Å². The van der Waals surface area contributed by atoms with Crippen LogP contribution in [-0.4, -0.2) is 55.6 Å². The number of halogens is 1. The lowest BCUT2D eigenvalue weighted by molar-refractivity contribution is -0.122. The Kier molecular flexibility index (Phi) is 7.55. The number of aliphatic hydroxyl groups excluding tert-OH is 2. The summed E-state index contributed by atoms with van der Waals surface area (Å²) in [5.74, 6) is 0.197. The highest BCUT2D eigenvalue weighted by Crippen LogP contribution is 2.26. The van der Waals surface area contributed by atoms with Gasteiger partial charge in [-0.3, -0.25) is 9.48 Å². The Labute approximate surface area is 177 Å². The van der Waals surface area contributed by atoms with E-state index >= 15 is 0 Å². The second kappa shape index (κ2) is 10.5. The number of hydrogen-bond donors (Lipinski definition) is 5. The Balaban J connectivity index is 1.81. The minimum atomic E-state index is -0.773. The van der Waals surface area contributed by atoms with Crippen molar-refractivity contribution in [2.24, 2.45) is 0 Å². The summed E-state index contributed by atoms with van der Waals surface area (Å²) in [6, 6.07) is 8.33. The third kappa shape index (κ3) is 5.66. The van der Waals surface area contributed by atoms with Crippen molar-refractivity contribution in [3.8, 4) is 0 Å². The first-order valence-electron chi connectivity index (χ1n) is 9.23. The second-order valence-electron chi connectivity index (χ2n) is 6.23. The van der Waals surface area contributed by atoms with Crippen LogP contribution in [-0.2, 0) is 11.3 Å². The molecule has 158 valence electrons. The average molecular weight is 432 g/mol. The van der Waals surface area contributed by atoms with Gasteiger partial charge >= 0.3 is 0 Å². The molecule has 0 unspecified atom stereocenters. The van der Waals surface area contributed by atoms with E-state index in [1.807, 2.05) is 18.2 Å². The van der Waals surface area contributed by atoms with Crippen molar-refractivity contribution in [1.82, 2.24) is 25.1 Å². The molecule has 0 aliphatic heterocycles. The Morgan fingerprint density at radius 2 is 1.97 bits per heavy atom. The van der Waals surface area contributed by atoms with Gasteiger partial charge in [0.25, 0.3) is 0 Å². The summed E-state index contributed by atoms with van der Waals surface area (Å²) < 4.78 is 1.58. The molecule has 2 heterocycles. The van der Waals surface area contributed by atoms with Crippen molar-refractivity contribution >= 4 is 35.0 Å². The first-order chi connectivity index (χ1) is 14.6. The Bertz CT molecular complexity index is 968. The van der Waals surface area contributed by atoms with Gasteiger partial charge in [0.1, 0.15) is 11.1 Å². The number of hydrogen-bond acceptors (Lipinski definition) is 8. The van der Waals surface area contributed by atoms with Crippen LogP contribution >= 0.6 is 11.6 Å². The Morgan fingerprint density at radius 3 is 2.70 bits per heavy atom. The van der Waals surface area contributed by atoms with Crippen molar-refractivity contribution in [1.29, 1.82) is 0 Å². The van der Waals surface area contributed by atoms with E-state index in [0.29, 0.717) is 17.8 Å². The van der Waals surface area contributed by atoms with Gasteiger partial charge in [-0.25, -0.2) is 4.98 Å². The Morgan fingerprint density at radius 1 is 1.17 bits per heavy atom. The average Bonchev–Trinajstić information content (AvgIpc) is 3.20. The fourth-order valence-corrected chi connectivity index (χ4v) is 2.82. The van der Waals surface area contributed by atoms with Crippen LogP contribution < -0.4 is 16.0 Å².